The zero-order valence-corrected chi connectivity index (χ0v) is 11.1. The number of esters is 1. The summed E-state index contributed by atoms with van der Waals surface area (Å²) in [5.74, 6) is 0.968. The first-order valence-corrected chi connectivity index (χ1v) is 7.02. The Balaban J connectivity index is 2.05. The molecule has 1 aromatic rings. The molecule has 0 N–H and O–H groups in total. The third kappa shape index (κ3) is 3.34. The Bertz CT molecular complexity index is 366. The van der Waals surface area contributed by atoms with Crippen LogP contribution in [0, 0.1) is 5.92 Å². The SMILES string of the molecule is CCC(=O)OC[C@H](c1ccccc1)C1CCCC1. The minimum Gasteiger partial charge on any atom is -0.465 e. The molecule has 0 unspecified atom stereocenters. The van der Waals surface area contributed by atoms with Crippen molar-refractivity contribution in [2.75, 3.05) is 6.61 Å². The zero-order chi connectivity index (χ0) is 12.8. The lowest BCUT2D eigenvalue weighted by Gasteiger charge is -2.23. The Morgan fingerprint density at radius 1 is 1.28 bits per heavy atom. The Morgan fingerprint density at radius 2 is 1.94 bits per heavy atom. The van der Waals surface area contributed by atoms with E-state index >= 15 is 0 Å². The average molecular weight is 246 g/mol. The molecule has 0 spiro atoms. The molecule has 2 nitrogen and oxygen atoms in total. The second-order valence-corrected chi connectivity index (χ2v) is 5.10. The molecule has 1 aliphatic rings. The fourth-order valence-electron chi connectivity index (χ4n) is 2.85. The molecular formula is C16H22O2. The fraction of sp³-hybridized carbons (Fsp3) is 0.562. The van der Waals surface area contributed by atoms with Gasteiger partial charge in [0.2, 0.25) is 0 Å². The molecule has 1 saturated carbocycles. The Labute approximate surface area is 109 Å². The van der Waals surface area contributed by atoms with Crippen LogP contribution in [-0.4, -0.2) is 12.6 Å². The normalized spacial score (nSPS) is 17.6. The lowest BCUT2D eigenvalue weighted by atomic mass is 9.85. The highest BCUT2D eigenvalue weighted by molar-refractivity contribution is 5.68. The van der Waals surface area contributed by atoms with Gasteiger partial charge in [-0.05, 0) is 24.3 Å². The summed E-state index contributed by atoms with van der Waals surface area (Å²) in [6.45, 7) is 2.39. The van der Waals surface area contributed by atoms with Gasteiger partial charge >= 0.3 is 5.97 Å². The lowest BCUT2D eigenvalue weighted by molar-refractivity contribution is -0.144. The number of carbonyl (C=O) groups is 1. The smallest absolute Gasteiger partial charge is 0.305 e. The second kappa shape index (κ2) is 6.58. The Hall–Kier alpha value is -1.31. The number of rotatable bonds is 5. The van der Waals surface area contributed by atoms with Crippen LogP contribution in [0.15, 0.2) is 30.3 Å². The van der Waals surface area contributed by atoms with Gasteiger partial charge in [-0.2, -0.15) is 0 Å². The van der Waals surface area contributed by atoms with Gasteiger partial charge in [-0.15, -0.1) is 0 Å². The molecule has 1 fully saturated rings. The van der Waals surface area contributed by atoms with Crippen molar-refractivity contribution in [2.45, 2.75) is 44.9 Å². The summed E-state index contributed by atoms with van der Waals surface area (Å²) in [5.41, 5.74) is 1.31. The minimum absolute atomic E-state index is 0.0890. The summed E-state index contributed by atoms with van der Waals surface area (Å²) in [4.78, 5) is 11.3. The first kappa shape index (κ1) is 13.1. The summed E-state index contributed by atoms with van der Waals surface area (Å²) < 4.78 is 5.38. The monoisotopic (exact) mass is 246 g/mol. The van der Waals surface area contributed by atoms with E-state index in [9.17, 15) is 4.79 Å². The van der Waals surface area contributed by atoms with Gasteiger partial charge in [0.05, 0.1) is 6.61 Å². The Kier molecular flexibility index (Phi) is 4.80. The fourth-order valence-corrected chi connectivity index (χ4v) is 2.85. The van der Waals surface area contributed by atoms with Gasteiger partial charge < -0.3 is 4.74 Å². The van der Waals surface area contributed by atoms with Crippen LogP contribution in [0.5, 0.6) is 0 Å². The lowest BCUT2D eigenvalue weighted by Crippen LogP contribution is -2.18. The maximum Gasteiger partial charge on any atom is 0.305 e. The molecule has 98 valence electrons. The van der Waals surface area contributed by atoms with Crippen LogP contribution in [0.1, 0.15) is 50.5 Å². The summed E-state index contributed by atoms with van der Waals surface area (Å²) in [5, 5.41) is 0. The maximum absolute atomic E-state index is 11.3. The van der Waals surface area contributed by atoms with Crippen LogP contribution in [-0.2, 0) is 9.53 Å². The van der Waals surface area contributed by atoms with Crippen LogP contribution in [0.2, 0.25) is 0 Å². The molecule has 0 radical (unpaired) electrons. The molecule has 0 aromatic heterocycles. The standard InChI is InChI=1S/C16H22O2/c1-2-16(17)18-12-15(14-10-6-7-11-14)13-8-4-3-5-9-13/h3-5,8-9,14-15H,2,6-7,10-12H2,1H3/t15-/m1/s1. The van der Waals surface area contributed by atoms with E-state index in [4.69, 9.17) is 4.74 Å². The van der Waals surface area contributed by atoms with Crippen LogP contribution >= 0.6 is 0 Å². The van der Waals surface area contributed by atoms with Crippen molar-refractivity contribution >= 4 is 5.97 Å². The molecule has 1 aromatic carbocycles. The van der Waals surface area contributed by atoms with Gasteiger partial charge in [0.15, 0.2) is 0 Å². The highest BCUT2D eigenvalue weighted by atomic mass is 16.5. The maximum atomic E-state index is 11.3. The molecule has 18 heavy (non-hydrogen) atoms. The third-order valence-electron chi connectivity index (χ3n) is 3.91. The van der Waals surface area contributed by atoms with E-state index in [0.717, 1.165) is 0 Å². The van der Waals surface area contributed by atoms with Crippen LogP contribution in [0.4, 0.5) is 0 Å². The van der Waals surface area contributed by atoms with Gasteiger partial charge in [-0.1, -0.05) is 50.1 Å². The van der Waals surface area contributed by atoms with Crippen molar-refractivity contribution in [1.82, 2.24) is 0 Å². The van der Waals surface area contributed by atoms with E-state index in [1.807, 2.05) is 13.0 Å². The van der Waals surface area contributed by atoms with Crippen molar-refractivity contribution in [3.63, 3.8) is 0 Å². The predicted octanol–water partition coefficient (Wildman–Crippen LogP) is 3.91. The summed E-state index contributed by atoms with van der Waals surface area (Å²) in [7, 11) is 0. The van der Waals surface area contributed by atoms with Crippen molar-refractivity contribution in [1.29, 1.82) is 0 Å². The summed E-state index contributed by atoms with van der Waals surface area (Å²) >= 11 is 0. The molecule has 0 amide bonds. The van der Waals surface area contributed by atoms with Gasteiger partial charge in [-0.25, -0.2) is 0 Å². The van der Waals surface area contributed by atoms with E-state index in [0.29, 0.717) is 24.9 Å². The highest BCUT2D eigenvalue weighted by Gasteiger charge is 2.27. The number of benzene rings is 1. The van der Waals surface area contributed by atoms with E-state index in [2.05, 4.69) is 24.3 Å². The average Bonchev–Trinajstić information content (AvgIpc) is 2.94. The summed E-state index contributed by atoms with van der Waals surface area (Å²) in [6, 6.07) is 10.5. The quantitative estimate of drug-likeness (QED) is 0.736. The molecule has 1 atom stereocenters. The van der Waals surface area contributed by atoms with Gasteiger partial charge in [0.1, 0.15) is 0 Å². The summed E-state index contributed by atoms with van der Waals surface area (Å²) in [6.07, 6.45) is 5.63. The molecule has 1 aliphatic carbocycles. The molecule has 0 saturated heterocycles. The van der Waals surface area contributed by atoms with Crippen molar-refractivity contribution in [3.8, 4) is 0 Å². The van der Waals surface area contributed by atoms with Gasteiger partial charge in [0.25, 0.3) is 0 Å². The Morgan fingerprint density at radius 3 is 2.56 bits per heavy atom. The van der Waals surface area contributed by atoms with E-state index in [1.165, 1.54) is 31.2 Å². The third-order valence-corrected chi connectivity index (χ3v) is 3.91. The second-order valence-electron chi connectivity index (χ2n) is 5.10. The number of ether oxygens (including phenoxy) is 1. The topological polar surface area (TPSA) is 26.3 Å². The molecule has 2 heteroatoms. The van der Waals surface area contributed by atoms with Crippen LogP contribution < -0.4 is 0 Å². The minimum atomic E-state index is -0.0890. The number of carbonyl (C=O) groups excluding carboxylic acids is 1. The number of hydrogen-bond acceptors (Lipinski definition) is 2. The van der Waals surface area contributed by atoms with Gasteiger partial charge in [-0.3, -0.25) is 4.79 Å². The molecular weight excluding hydrogens is 224 g/mol. The van der Waals surface area contributed by atoms with Crippen molar-refractivity contribution < 1.29 is 9.53 Å². The van der Waals surface area contributed by atoms with Crippen LogP contribution in [0.3, 0.4) is 0 Å². The first-order chi connectivity index (χ1) is 8.81. The predicted molar refractivity (Wildman–Crippen MR) is 72.4 cm³/mol. The molecule has 0 bridgehead atoms. The molecule has 2 rings (SSSR count). The number of hydrogen-bond donors (Lipinski definition) is 0. The van der Waals surface area contributed by atoms with E-state index in [-0.39, 0.29) is 5.97 Å². The van der Waals surface area contributed by atoms with Crippen molar-refractivity contribution in [2.24, 2.45) is 5.92 Å². The van der Waals surface area contributed by atoms with E-state index in [1.54, 1.807) is 0 Å². The molecule has 0 heterocycles. The molecule has 0 aliphatic heterocycles. The zero-order valence-electron chi connectivity index (χ0n) is 11.1. The first-order valence-electron chi connectivity index (χ1n) is 7.02. The van der Waals surface area contributed by atoms with Crippen molar-refractivity contribution in [3.05, 3.63) is 35.9 Å². The van der Waals surface area contributed by atoms with E-state index < -0.39 is 0 Å². The largest absolute Gasteiger partial charge is 0.465 e. The highest BCUT2D eigenvalue weighted by Crippen LogP contribution is 2.37. The van der Waals surface area contributed by atoms with Gasteiger partial charge in [0, 0.05) is 12.3 Å². The van der Waals surface area contributed by atoms with Crippen LogP contribution in [0.25, 0.3) is 0 Å².